The van der Waals surface area contributed by atoms with Gasteiger partial charge in [0.05, 0.1) is 11.3 Å². The highest BCUT2D eigenvalue weighted by Gasteiger charge is 2.15. The molecule has 2 N–H and O–H groups in total. The van der Waals surface area contributed by atoms with Crippen LogP contribution in [0.5, 0.6) is 0 Å². The molecular formula is C24H23ClN2O3. The maximum absolute atomic E-state index is 12.6. The van der Waals surface area contributed by atoms with Gasteiger partial charge in [0.2, 0.25) is 0 Å². The topological polar surface area (TPSA) is 67.4 Å². The monoisotopic (exact) mass is 422 g/mol. The number of ether oxygens (including phenoxy) is 1. The number of amides is 1. The lowest BCUT2D eigenvalue weighted by Crippen LogP contribution is -2.28. The Hall–Kier alpha value is -3.31. The summed E-state index contributed by atoms with van der Waals surface area (Å²) in [6.07, 6.45) is 0. The van der Waals surface area contributed by atoms with Gasteiger partial charge in [0, 0.05) is 17.3 Å². The number of rotatable bonds is 7. The van der Waals surface area contributed by atoms with Gasteiger partial charge in [-0.25, -0.2) is 4.79 Å². The Morgan fingerprint density at radius 1 is 0.900 bits per heavy atom. The van der Waals surface area contributed by atoms with E-state index in [0.29, 0.717) is 16.3 Å². The Bertz CT molecular complexity index is 1070. The van der Waals surface area contributed by atoms with Gasteiger partial charge in [0.1, 0.15) is 0 Å². The lowest BCUT2D eigenvalue weighted by atomic mass is 10.1. The molecule has 154 valence electrons. The Kier molecular flexibility index (Phi) is 7.09. The van der Waals surface area contributed by atoms with Crippen LogP contribution < -0.4 is 10.6 Å². The molecule has 3 aromatic rings. The molecule has 0 aliphatic carbocycles. The molecule has 0 saturated carbocycles. The van der Waals surface area contributed by atoms with Crippen molar-refractivity contribution < 1.29 is 14.3 Å². The summed E-state index contributed by atoms with van der Waals surface area (Å²) in [5, 5.41) is 6.56. The fourth-order valence-electron chi connectivity index (χ4n) is 2.90. The van der Waals surface area contributed by atoms with Gasteiger partial charge in [-0.1, -0.05) is 54.1 Å². The molecule has 0 spiro atoms. The number of benzene rings is 3. The molecule has 0 aliphatic heterocycles. The van der Waals surface area contributed by atoms with Crippen molar-refractivity contribution in [1.82, 2.24) is 5.32 Å². The van der Waals surface area contributed by atoms with Crippen LogP contribution in [0.1, 0.15) is 27.0 Å². The number of aryl methyl sites for hydroxylation is 1. The van der Waals surface area contributed by atoms with Crippen molar-refractivity contribution in [3.8, 4) is 0 Å². The van der Waals surface area contributed by atoms with Crippen molar-refractivity contribution in [3.63, 3.8) is 0 Å². The van der Waals surface area contributed by atoms with Gasteiger partial charge >= 0.3 is 5.97 Å². The Morgan fingerprint density at radius 2 is 1.60 bits per heavy atom. The third-order valence-corrected chi connectivity index (χ3v) is 5.16. The van der Waals surface area contributed by atoms with Gasteiger partial charge in [-0.3, -0.25) is 4.79 Å². The van der Waals surface area contributed by atoms with Gasteiger partial charge < -0.3 is 15.4 Å². The van der Waals surface area contributed by atoms with E-state index in [1.54, 1.807) is 24.3 Å². The van der Waals surface area contributed by atoms with Crippen LogP contribution in [0.4, 0.5) is 11.4 Å². The molecule has 0 heterocycles. The largest absolute Gasteiger partial charge is 0.452 e. The average Bonchev–Trinajstić information content (AvgIpc) is 2.75. The Balaban J connectivity index is 1.61. The molecule has 3 rings (SSSR count). The van der Waals surface area contributed by atoms with Gasteiger partial charge in [-0.15, -0.1) is 0 Å². The summed E-state index contributed by atoms with van der Waals surface area (Å²) in [4.78, 5) is 24.7. The molecule has 0 radical (unpaired) electrons. The van der Waals surface area contributed by atoms with E-state index < -0.39 is 11.9 Å². The predicted molar refractivity (Wildman–Crippen MR) is 119 cm³/mol. The van der Waals surface area contributed by atoms with Crippen LogP contribution in [-0.2, 0) is 16.1 Å². The minimum Gasteiger partial charge on any atom is -0.452 e. The second-order valence-electron chi connectivity index (χ2n) is 6.86. The Morgan fingerprint density at radius 3 is 2.40 bits per heavy atom. The summed E-state index contributed by atoms with van der Waals surface area (Å²) in [7, 11) is 0. The summed E-state index contributed by atoms with van der Waals surface area (Å²) in [6, 6.07) is 20.2. The molecule has 0 unspecified atom stereocenters. The van der Waals surface area contributed by atoms with Gasteiger partial charge in [0.25, 0.3) is 5.91 Å². The fraction of sp³-hybridized carbons (Fsp3) is 0.167. The zero-order valence-electron chi connectivity index (χ0n) is 16.9. The van der Waals surface area contributed by atoms with Crippen molar-refractivity contribution in [3.05, 3.63) is 94.0 Å². The van der Waals surface area contributed by atoms with E-state index in [9.17, 15) is 9.59 Å². The number of carbonyl (C=O) groups excluding carboxylic acids is 2. The van der Waals surface area contributed by atoms with E-state index in [1.165, 1.54) is 0 Å². The quantitative estimate of drug-likeness (QED) is 0.515. The van der Waals surface area contributed by atoms with Crippen molar-refractivity contribution in [2.24, 2.45) is 0 Å². The van der Waals surface area contributed by atoms with Crippen molar-refractivity contribution in [2.75, 3.05) is 11.9 Å². The second-order valence-corrected chi connectivity index (χ2v) is 7.27. The molecule has 0 aliphatic rings. The molecule has 0 fully saturated rings. The van der Waals surface area contributed by atoms with Crippen molar-refractivity contribution in [1.29, 1.82) is 0 Å². The number of hydrogen-bond acceptors (Lipinski definition) is 4. The van der Waals surface area contributed by atoms with E-state index in [1.807, 2.05) is 56.3 Å². The first-order valence-corrected chi connectivity index (χ1v) is 9.93. The minimum absolute atomic E-state index is 0.265. The van der Waals surface area contributed by atoms with E-state index in [0.717, 1.165) is 22.4 Å². The Labute approximate surface area is 181 Å². The summed E-state index contributed by atoms with van der Waals surface area (Å²) in [5.41, 5.74) is 4.93. The van der Waals surface area contributed by atoms with Gasteiger partial charge in [0.15, 0.2) is 6.61 Å². The number of nitrogens with one attached hydrogen (secondary N) is 2. The molecule has 3 aromatic carbocycles. The second kappa shape index (κ2) is 9.94. The van der Waals surface area contributed by atoms with Crippen molar-refractivity contribution in [2.45, 2.75) is 20.4 Å². The summed E-state index contributed by atoms with van der Waals surface area (Å²) in [6.45, 7) is 3.94. The molecule has 0 bridgehead atoms. The maximum Gasteiger partial charge on any atom is 0.340 e. The molecular weight excluding hydrogens is 400 g/mol. The molecule has 0 atom stereocenters. The first-order chi connectivity index (χ1) is 14.5. The predicted octanol–water partition coefficient (Wildman–Crippen LogP) is 5.17. The van der Waals surface area contributed by atoms with E-state index in [2.05, 4.69) is 10.6 Å². The van der Waals surface area contributed by atoms with Crippen LogP contribution in [0.3, 0.4) is 0 Å². The van der Waals surface area contributed by atoms with Crippen LogP contribution >= 0.6 is 11.6 Å². The zero-order chi connectivity index (χ0) is 21.5. The smallest absolute Gasteiger partial charge is 0.340 e. The van der Waals surface area contributed by atoms with Crippen LogP contribution in [0.25, 0.3) is 0 Å². The van der Waals surface area contributed by atoms with Crippen LogP contribution in [-0.4, -0.2) is 18.5 Å². The average molecular weight is 423 g/mol. The highest BCUT2D eigenvalue weighted by molar-refractivity contribution is 6.31. The van der Waals surface area contributed by atoms with E-state index in [4.69, 9.17) is 16.3 Å². The first kappa shape index (κ1) is 21.4. The fourth-order valence-corrected chi connectivity index (χ4v) is 3.10. The minimum atomic E-state index is -0.573. The molecule has 5 nitrogen and oxygen atoms in total. The highest BCUT2D eigenvalue weighted by Crippen LogP contribution is 2.25. The number of halogens is 1. The number of carbonyl (C=O) groups is 2. The summed E-state index contributed by atoms with van der Waals surface area (Å²) < 4.78 is 5.22. The molecule has 6 heteroatoms. The lowest BCUT2D eigenvalue weighted by molar-refractivity contribution is -0.124. The maximum atomic E-state index is 12.6. The van der Waals surface area contributed by atoms with Gasteiger partial charge in [-0.05, 0) is 54.8 Å². The van der Waals surface area contributed by atoms with Gasteiger partial charge in [-0.2, -0.15) is 0 Å². The first-order valence-electron chi connectivity index (χ1n) is 9.55. The van der Waals surface area contributed by atoms with Crippen LogP contribution in [0, 0.1) is 13.8 Å². The molecule has 0 aromatic heterocycles. The number of esters is 1. The molecule has 0 saturated heterocycles. The van der Waals surface area contributed by atoms with Crippen molar-refractivity contribution >= 4 is 34.9 Å². The van der Waals surface area contributed by atoms with E-state index in [-0.39, 0.29) is 13.2 Å². The van der Waals surface area contributed by atoms with Crippen LogP contribution in [0.2, 0.25) is 5.02 Å². The normalized spacial score (nSPS) is 10.4. The molecule has 30 heavy (non-hydrogen) atoms. The number of hydrogen-bond donors (Lipinski definition) is 2. The van der Waals surface area contributed by atoms with E-state index >= 15 is 0 Å². The molecule has 1 amide bonds. The lowest BCUT2D eigenvalue weighted by Gasteiger charge is -2.14. The third kappa shape index (κ3) is 5.39. The standard InChI is InChI=1S/C24H23ClN2O3/c1-16-8-7-13-21(17(16)2)27-22-12-6-4-10-19(22)24(29)30-15-23(28)26-14-18-9-3-5-11-20(18)25/h3-13,27H,14-15H2,1-2H3,(H,26,28). The number of anilines is 2. The van der Waals surface area contributed by atoms with Crippen LogP contribution in [0.15, 0.2) is 66.7 Å². The summed E-state index contributed by atoms with van der Waals surface area (Å²) >= 11 is 6.08. The number of para-hydroxylation sites is 1. The zero-order valence-corrected chi connectivity index (χ0v) is 17.6. The highest BCUT2D eigenvalue weighted by atomic mass is 35.5. The summed E-state index contributed by atoms with van der Waals surface area (Å²) in [5.74, 6) is -0.973. The third-order valence-electron chi connectivity index (χ3n) is 4.79. The SMILES string of the molecule is Cc1cccc(Nc2ccccc2C(=O)OCC(=O)NCc2ccccc2Cl)c1C.